The van der Waals surface area contributed by atoms with Crippen LogP contribution in [0.5, 0.6) is 5.75 Å². The first-order chi connectivity index (χ1) is 8.44. The molecule has 0 radical (unpaired) electrons. The fourth-order valence-electron chi connectivity index (χ4n) is 1.48. The second kappa shape index (κ2) is 6.61. The van der Waals surface area contributed by atoms with Gasteiger partial charge < -0.3 is 4.74 Å². The molecule has 0 spiro atoms. The Morgan fingerprint density at radius 2 is 2.11 bits per heavy atom. The molecule has 0 bridgehead atoms. The Kier molecular flexibility index (Phi) is 5.43. The molecule has 0 saturated heterocycles. The van der Waals surface area contributed by atoms with Crippen LogP contribution in [-0.2, 0) is 0 Å². The molecule has 98 valence electrons. The predicted molar refractivity (Wildman–Crippen MR) is 70.2 cm³/mol. The first kappa shape index (κ1) is 14.8. The molecule has 0 N–H and O–H groups in total. The Morgan fingerprint density at radius 1 is 1.39 bits per heavy atom. The van der Waals surface area contributed by atoms with Crippen LogP contribution >= 0.6 is 11.6 Å². The van der Waals surface area contributed by atoms with Gasteiger partial charge in [-0.2, -0.15) is 5.26 Å². The van der Waals surface area contributed by atoms with Crippen molar-refractivity contribution in [2.45, 2.75) is 33.1 Å². The molecule has 0 heterocycles. The van der Waals surface area contributed by atoms with E-state index in [0.29, 0.717) is 12.4 Å². The van der Waals surface area contributed by atoms with Crippen LogP contribution < -0.4 is 4.74 Å². The molecule has 0 aliphatic heterocycles. The normalized spacial score (nSPS) is 11.1. The van der Waals surface area contributed by atoms with Gasteiger partial charge in [-0.1, -0.05) is 11.6 Å². The second-order valence-electron chi connectivity index (χ2n) is 4.88. The lowest BCUT2D eigenvalue weighted by atomic mass is 9.89. The lowest BCUT2D eigenvalue weighted by Gasteiger charge is -2.14. The van der Waals surface area contributed by atoms with Crippen LogP contribution in [0, 0.1) is 22.6 Å². The molecular formula is C14H17ClFNO. The van der Waals surface area contributed by atoms with Crippen LogP contribution in [0.3, 0.4) is 0 Å². The van der Waals surface area contributed by atoms with E-state index in [1.807, 2.05) is 13.8 Å². The first-order valence-corrected chi connectivity index (χ1v) is 6.31. The van der Waals surface area contributed by atoms with E-state index in [1.165, 1.54) is 12.1 Å². The number of hydrogen-bond acceptors (Lipinski definition) is 2. The summed E-state index contributed by atoms with van der Waals surface area (Å²) in [7, 11) is 0. The highest BCUT2D eigenvalue weighted by Crippen LogP contribution is 2.23. The van der Waals surface area contributed by atoms with E-state index in [2.05, 4.69) is 6.07 Å². The van der Waals surface area contributed by atoms with Gasteiger partial charge in [0.2, 0.25) is 0 Å². The minimum absolute atomic E-state index is 0.0677. The number of rotatable bonds is 6. The Hall–Kier alpha value is -1.27. The molecule has 0 fully saturated rings. The number of nitriles is 1. The zero-order valence-corrected chi connectivity index (χ0v) is 11.4. The molecule has 0 aliphatic carbocycles. The smallest absolute Gasteiger partial charge is 0.142 e. The van der Waals surface area contributed by atoms with Gasteiger partial charge in [-0.15, -0.1) is 0 Å². The SMILES string of the molecule is CC(C)(C#N)CCCCOc1ccc(F)c(Cl)c1. The van der Waals surface area contributed by atoms with E-state index in [9.17, 15) is 4.39 Å². The average Bonchev–Trinajstić information content (AvgIpc) is 2.33. The van der Waals surface area contributed by atoms with E-state index >= 15 is 0 Å². The van der Waals surface area contributed by atoms with Crippen molar-refractivity contribution in [3.05, 3.63) is 29.0 Å². The van der Waals surface area contributed by atoms with Crippen molar-refractivity contribution in [1.29, 1.82) is 5.26 Å². The Bertz CT molecular complexity index is 440. The molecule has 0 amide bonds. The van der Waals surface area contributed by atoms with Crippen molar-refractivity contribution in [2.75, 3.05) is 6.61 Å². The Labute approximate surface area is 112 Å². The first-order valence-electron chi connectivity index (χ1n) is 5.94. The van der Waals surface area contributed by atoms with Gasteiger partial charge in [0.05, 0.1) is 23.1 Å². The van der Waals surface area contributed by atoms with Crippen molar-refractivity contribution in [3.8, 4) is 11.8 Å². The summed E-state index contributed by atoms with van der Waals surface area (Å²) < 4.78 is 18.3. The fraction of sp³-hybridized carbons (Fsp3) is 0.500. The molecule has 0 aromatic heterocycles. The van der Waals surface area contributed by atoms with Gasteiger partial charge in [0.1, 0.15) is 11.6 Å². The molecule has 0 unspecified atom stereocenters. The molecule has 1 aromatic rings. The summed E-state index contributed by atoms with van der Waals surface area (Å²) in [5.41, 5.74) is -0.279. The molecule has 2 nitrogen and oxygen atoms in total. The van der Waals surface area contributed by atoms with Crippen molar-refractivity contribution in [3.63, 3.8) is 0 Å². The van der Waals surface area contributed by atoms with E-state index in [4.69, 9.17) is 21.6 Å². The van der Waals surface area contributed by atoms with Crippen LogP contribution in [0.2, 0.25) is 5.02 Å². The summed E-state index contributed by atoms with van der Waals surface area (Å²) in [5.74, 6) is 0.126. The monoisotopic (exact) mass is 269 g/mol. The highest BCUT2D eigenvalue weighted by atomic mass is 35.5. The summed E-state index contributed by atoms with van der Waals surface area (Å²) >= 11 is 5.64. The number of hydrogen-bond donors (Lipinski definition) is 0. The largest absolute Gasteiger partial charge is 0.494 e. The lowest BCUT2D eigenvalue weighted by Crippen LogP contribution is -2.08. The van der Waals surface area contributed by atoms with Gasteiger partial charge in [-0.25, -0.2) is 4.39 Å². The van der Waals surface area contributed by atoms with Gasteiger partial charge >= 0.3 is 0 Å². The van der Waals surface area contributed by atoms with Crippen LogP contribution in [0.15, 0.2) is 18.2 Å². The molecule has 0 aliphatic rings. The molecule has 1 aromatic carbocycles. The van der Waals surface area contributed by atoms with Gasteiger partial charge in [0, 0.05) is 6.07 Å². The van der Waals surface area contributed by atoms with E-state index < -0.39 is 5.82 Å². The highest BCUT2D eigenvalue weighted by Gasteiger charge is 2.15. The van der Waals surface area contributed by atoms with Gasteiger partial charge in [0.15, 0.2) is 0 Å². The Morgan fingerprint density at radius 3 is 2.72 bits per heavy atom. The maximum atomic E-state index is 12.9. The summed E-state index contributed by atoms with van der Waals surface area (Å²) in [6, 6.07) is 6.58. The van der Waals surface area contributed by atoms with Crippen molar-refractivity contribution < 1.29 is 9.13 Å². The van der Waals surface area contributed by atoms with Crippen LogP contribution in [0.25, 0.3) is 0 Å². The summed E-state index contributed by atoms with van der Waals surface area (Å²) in [6.45, 7) is 4.39. The minimum Gasteiger partial charge on any atom is -0.494 e. The zero-order chi connectivity index (χ0) is 13.6. The molecule has 0 atom stereocenters. The van der Waals surface area contributed by atoms with Crippen molar-refractivity contribution in [2.24, 2.45) is 5.41 Å². The maximum absolute atomic E-state index is 12.9. The van der Waals surface area contributed by atoms with Crippen molar-refractivity contribution >= 4 is 11.6 Å². The lowest BCUT2D eigenvalue weighted by molar-refractivity contribution is 0.294. The topological polar surface area (TPSA) is 33.0 Å². The number of unbranched alkanes of at least 4 members (excludes halogenated alkanes) is 1. The third-order valence-corrected chi connectivity index (χ3v) is 2.95. The number of ether oxygens (including phenoxy) is 1. The number of benzene rings is 1. The standard InChI is InChI=1S/C14H17ClFNO/c1-14(2,10-17)7-3-4-8-18-11-5-6-13(16)12(15)9-11/h5-6,9H,3-4,7-8H2,1-2H3. The van der Waals surface area contributed by atoms with Crippen LogP contribution in [-0.4, -0.2) is 6.61 Å². The fourth-order valence-corrected chi connectivity index (χ4v) is 1.65. The predicted octanol–water partition coefficient (Wildman–Crippen LogP) is 4.58. The minimum atomic E-state index is -0.445. The maximum Gasteiger partial charge on any atom is 0.142 e. The molecule has 0 saturated carbocycles. The van der Waals surface area contributed by atoms with Gasteiger partial charge in [-0.3, -0.25) is 0 Å². The van der Waals surface area contributed by atoms with E-state index in [0.717, 1.165) is 19.3 Å². The zero-order valence-electron chi connectivity index (χ0n) is 10.7. The third kappa shape index (κ3) is 4.93. The third-order valence-electron chi connectivity index (χ3n) is 2.66. The second-order valence-corrected chi connectivity index (χ2v) is 5.28. The van der Waals surface area contributed by atoms with Gasteiger partial charge in [0.25, 0.3) is 0 Å². The van der Waals surface area contributed by atoms with Crippen LogP contribution in [0.4, 0.5) is 4.39 Å². The number of halogens is 2. The van der Waals surface area contributed by atoms with E-state index in [1.54, 1.807) is 6.07 Å². The number of nitrogens with zero attached hydrogens (tertiary/aromatic N) is 1. The highest BCUT2D eigenvalue weighted by molar-refractivity contribution is 6.30. The Balaban J connectivity index is 2.26. The quantitative estimate of drug-likeness (QED) is 0.708. The summed E-state index contributed by atoms with van der Waals surface area (Å²) in [5, 5.41) is 8.92. The molecule has 18 heavy (non-hydrogen) atoms. The summed E-state index contributed by atoms with van der Waals surface area (Å²) in [4.78, 5) is 0. The summed E-state index contributed by atoms with van der Waals surface area (Å²) in [6.07, 6.45) is 2.63. The van der Waals surface area contributed by atoms with Crippen molar-refractivity contribution in [1.82, 2.24) is 0 Å². The molecule has 1 rings (SSSR count). The van der Waals surface area contributed by atoms with Gasteiger partial charge in [-0.05, 0) is 45.2 Å². The molecule has 4 heteroatoms. The average molecular weight is 270 g/mol. The van der Waals surface area contributed by atoms with E-state index in [-0.39, 0.29) is 10.4 Å². The molecular weight excluding hydrogens is 253 g/mol. The van der Waals surface area contributed by atoms with Crippen LogP contribution in [0.1, 0.15) is 33.1 Å².